The van der Waals surface area contributed by atoms with Crippen LogP contribution in [0.25, 0.3) is 0 Å². The van der Waals surface area contributed by atoms with Gasteiger partial charge >= 0.3 is 0 Å². The number of hydrogen-bond acceptors (Lipinski definition) is 3. The van der Waals surface area contributed by atoms with E-state index in [1.165, 1.54) is 0 Å². The molecular weight excluding hydrogens is 288 g/mol. The summed E-state index contributed by atoms with van der Waals surface area (Å²) in [5, 5.41) is 0.644. The molecule has 1 amide bonds. The first-order valence-electron chi connectivity index (χ1n) is 7.55. The number of likely N-dealkylation sites (tertiary alicyclic amines) is 1. The first kappa shape index (κ1) is 16.1. The summed E-state index contributed by atoms with van der Waals surface area (Å²) in [7, 11) is 0. The van der Waals surface area contributed by atoms with Gasteiger partial charge in [-0.1, -0.05) is 24.6 Å². The molecule has 0 radical (unpaired) electrons. The molecule has 1 aliphatic rings. The van der Waals surface area contributed by atoms with E-state index in [2.05, 4.69) is 0 Å². The fourth-order valence-electron chi connectivity index (χ4n) is 2.48. The van der Waals surface area contributed by atoms with Crippen molar-refractivity contribution in [1.82, 2.24) is 4.90 Å². The molecule has 0 spiro atoms. The van der Waals surface area contributed by atoms with Crippen molar-refractivity contribution in [2.45, 2.75) is 38.6 Å². The van der Waals surface area contributed by atoms with Gasteiger partial charge in [0.2, 0.25) is 0 Å². The highest BCUT2D eigenvalue weighted by atomic mass is 35.5. The average Bonchev–Trinajstić information content (AvgIpc) is 3.01. The Morgan fingerprint density at radius 2 is 2.14 bits per heavy atom. The van der Waals surface area contributed by atoms with E-state index < -0.39 is 0 Å². The third-order valence-electron chi connectivity index (χ3n) is 3.88. The van der Waals surface area contributed by atoms with E-state index in [1.807, 2.05) is 30.0 Å². The van der Waals surface area contributed by atoms with Crippen LogP contribution in [0.3, 0.4) is 0 Å². The lowest BCUT2D eigenvalue weighted by Gasteiger charge is -2.18. The maximum Gasteiger partial charge on any atom is 0.260 e. The summed E-state index contributed by atoms with van der Waals surface area (Å²) in [6.45, 7) is 3.78. The number of benzene rings is 1. The lowest BCUT2D eigenvalue weighted by Crippen LogP contribution is -2.32. The highest BCUT2D eigenvalue weighted by Gasteiger charge is 2.19. The molecule has 1 unspecified atom stereocenters. The predicted octanol–water partition coefficient (Wildman–Crippen LogP) is 2.62. The topological polar surface area (TPSA) is 55.6 Å². The SMILES string of the molecule is CCC(N)Cc1c(Cl)cccc1OCC(=O)N1CCCC1. The van der Waals surface area contributed by atoms with Crippen LogP contribution in [0.4, 0.5) is 0 Å². The van der Waals surface area contributed by atoms with Gasteiger partial charge in [-0.15, -0.1) is 0 Å². The Balaban J connectivity index is 2.01. The zero-order valence-corrected chi connectivity index (χ0v) is 13.2. The number of nitrogens with two attached hydrogens (primary N) is 1. The van der Waals surface area contributed by atoms with Crippen LogP contribution >= 0.6 is 11.6 Å². The number of hydrogen-bond donors (Lipinski definition) is 1. The smallest absolute Gasteiger partial charge is 0.260 e. The maximum absolute atomic E-state index is 12.0. The van der Waals surface area contributed by atoms with Gasteiger partial charge in [0.25, 0.3) is 5.91 Å². The molecule has 21 heavy (non-hydrogen) atoms. The first-order valence-corrected chi connectivity index (χ1v) is 7.93. The second-order valence-corrected chi connectivity index (χ2v) is 5.87. The molecule has 0 aromatic heterocycles. The summed E-state index contributed by atoms with van der Waals surface area (Å²) < 4.78 is 5.71. The third-order valence-corrected chi connectivity index (χ3v) is 4.23. The molecular formula is C16H23ClN2O2. The molecule has 0 saturated carbocycles. The van der Waals surface area contributed by atoms with E-state index in [1.54, 1.807) is 0 Å². The molecule has 116 valence electrons. The fraction of sp³-hybridized carbons (Fsp3) is 0.562. The van der Waals surface area contributed by atoms with E-state index in [4.69, 9.17) is 22.1 Å². The summed E-state index contributed by atoms with van der Waals surface area (Å²) in [5.41, 5.74) is 6.90. The van der Waals surface area contributed by atoms with Gasteiger partial charge in [-0.05, 0) is 37.8 Å². The molecule has 1 aromatic carbocycles. The van der Waals surface area contributed by atoms with Gasteiger partial charge in [0.05, 0.1) is 0 Å². The zero-order valence-electron chi connectivity index (χ0n) is 12.5. The quantitative estimate of drug-likeness (QED) is 0.878. The van der Waals surface area contributed by atoms with Crippen molar-refractivity contribution in [2.75, 3.05) is 19.7 Å². The Morgan fingerprint density at radius 1 is 1.43 bits per heavy atom. The van der Waals surface area contributed by atoms with Crippen molar-refractivity contribution in [3.8, 4) is 5.75 Å². The average molecular weight is 311 g/mol. The van der Waals surface area contributed by atoms with E-state index in [-0.39, 0.29) is 18.6 Å². The van der Waals surface area contributed by atoms with Crippen molar-refractivity contribution >= 4 is 17.5 Å². The van der Waals surface area contributed by atoms with Crippen LogP contribution in [0, 0.1) is 0 Å². The van der Waals surface area contributed by atoms with Crippen LogP contribution in [0.1, 0.15) is 31.7 Å². The zero-order chi connectivity index (χ0) is 15.2. The number of halogens is 1. The van der Waals surface area contributed by atoms with Crippen molar-refractivity contribution in [2.24, 2.45) is 5.73 Å². The van der Waals surface area contributed by atoms with Gasteiger partial charge < -0.3 is 15.4 Å². The van der Waals surface area contributed by atoms with Crippen molar-refractivity contribution < 1.29 is 9.53 Å². The minimum Gasteiger partial charge on any atom is -0.483 e. The van der Waals surface area contributed by atoms with Crippen LogP contribution in [0.5, 0.6) is 5.75 Å². The highest BCUT2D eigenvalue weighted by Crippen LogP contribution is 2.28. The molecule has 1 aliphatic heterocycles. The molecule has 4 nitrogen and oxygen atoms in total. The number of rotatable bonds is 6. The van der Waals surface area contributed by atoms with Crippen LogP contribution < -0.4 is 10.5 Å². The van der Waals surface area contributed by atoms with Gasteiger partial charge in [0.15, 0.2) is 6.61 Å². The van der Waals surface area contributed by atoms with Crippen LogP contribution in [0.15, 0.2) is 18.2 Å². The largest absolute Gasteiger partial charge is 0.483 e. The Kier molecular flexibility index (Phi) is 5.88. The number of carbonyl (C=O) groups is 1. The molecule has 0 aliphatic carbocycles. The molecule has 5 heteroatoms. The van der Waals surface area contributed by atoms with Crippen LogP contribution in [0.2, 0.25) is 5.02 Å². The van der Waals surface area contributed by atoms with E-state index in [0.717, 1.165) is 37.9 Å². The monoisotopic (exact) mass is 310 g/mol. The molecule has 0 bridgehead atoms. The number of nitrogens with zero attached hydrogens (tertiary/aromatic N) is 1. The van der Waals surface area contributed by atoms with Crippen LogP contribution in [-0.2, 0) is 11.2 Å². The normalized spacial score (nSPS) is 16.0. The maximum atomic E-state index is 12.0. The summed E-state index contributed by atoms with van der Waals surface area (Å²) >= 11 is 6.24. The van der Waals surface area contributed by atoms with Gasteiger partial charge in [-0.25, -0.2) is 0 Å². The standard InChI is InChI=1S/C16H23ClN2O2/c1-2-12(18)10-13-14(17)6-5-7-15(13)21-11-16(20)19-8-3-4-9-19/h5-7,12H,2-4,8-11,18H2,1H3. The second-order valence-electron chi connectivity index (χ2n) is 5.47. The summed E-state index contributed by atoms with van der Waals surface area (Å²) in [6.07, 6.45) is 3.69. The molecule has 2 rings (SSSR count). The Labute approximate surface area is 131 Å². The summed E-state index contributed by atoms with van der Waals surface area (Å²) in [5.74, 6) is 0.706. The number of ether oxygens (including phenoxy) is 1. The number of carbonyl (C=O) groups excluding carboxylic acids is 1. The third kappa shape index (κ3) is 4.35. The van der Waals surface area contributed by atoms with Gasteiger partial charge in [-0.2, -0.15) is 0 Å². The molecule has 1 aromatic rings. The van der Waals surface area contributed by atoms with Gasteiger partial charge in [0.1, 0.15) is 5.75 Å². The predicted molar refractivity (Wildman–Crippen MR) is 84.7 cm³/mol. The summed E-state index contributed by atoms with van der Waals surface area (Å²) in [4.78, 5) is 13.9. The van der Waals surface area contributed by atoms with E-state index >= 15 is 0 Å². The Hall–Kier alpha value is -1.26. The first-order chi connectivity index (χ1) is 10.1. The van der Waals surface area contributed by atoms with E-state index in [9.17, 15) is 4.79 Å². The minimum absolute atomic E-state index is 0.0400. The molecule has 1 saturated heterocycles. The lowest BCUT2D eigenvalue weighted by molar-refractivity contribution is -0.132. The molecule has 1 atom stereocenters. The lowest BCUT2D eigenvalue weighted by atomic mass is 10.0. The van der Waals surface area contributed by atoms with Crippen molar-refractivity contribution in [3.05, 3.63) is 28.8 Å². The highest BCUT2D eigenvalue weighted by molar-refractivity contribution is 6.31. The Bertz CT molecular complexity index is 487. The minimum atomic E-state index is 0.0400. The van der Waals surface area contributed by atoms with Gasteiger partial charge in [0, 0.05) is 29.7 Å². The fourth-order valence-corrected chi connectivity index (χ4v) is 2.72. The summed E-state index contributed by atoms with van der Waals surface area (Å²) in [6, 6.07) is 5.55. The second kappa shape index (κ2) is 7.66. The molecule has 1 heterocycles. The number of amides is 1. The molecule has 1 fully saturated rings. The van der Waals surface area contributed by atoms with Crippen LogP contribution in [-0.4, -0.2) is 36.5 Å². The Morgan fingerprint density at radius 3 is 2.81 bits per heavy atom. The van der Waals surface area contributed by atoms with E-state index in [0.29, 0.717) is 17.2 Å². The van der Waals surface area contributed by atoms with Crippen molar-refractivity contribution in [3.63, 3.8) is 0 Å². The van der Waals surface area contributed by atoms with Crippen molar-refractivity contribution in [1.29, 1.82) is 0 Å². The van der Waals surface area contributed by atoms with Gasteiger partial charge in [-0.3, -0.25) is 4.79 Å². The molecule has 2 N–H and O–H groups in total.